The van der Waals surface area contributed by atoms with Gasteiger partial charge in [0.1, 0.15) is 0 Å². The van der Waals surface area contributed by atoms with Crippen molar-refractivity contribution in [1.29, 1.82) is 0 Å². The Morgan fingerprint density at radius 1 is 1.61 bits per heavy atom. The van der Waals surface area contributed by atoms with Gasteiger partial charge in [0.2, 0.25) is 5.91 Å². The number of hydrogen-bond donors (Lipinski definition) is 1. The van der Waals surface area contributed by atoms with Gasteiger partial charge < -0.3 is 10.6 Å². The average molecular weight is 268 g/mol. The fourth-order valence-electron chi connectivity index (χ4n) is 2.28. The number of thiazole rings is 1. The molecule has 2 heterocycles. The molecule has 0 aromatic carbocycles. The van der Waals surface area contributed by atoms with Crippen LogP contribution in [0.3, 0.4) is 0 Å². The Labute approximate surface area is 112 Å². The average Bonchev–Trinajstić information content (AvgIpc) is 2.75. The number of aromatic nitrogens is 1. The number of rotatable bonds is 3. The summed E-state index contributed by atoms with van der Waals surface area (Å²) in [5.74, 6) is 0.159. The number of likely N-dealkylation sites (N-methyl/N-ethyl adjacent to an activating group) is 1. The lowest BCUT2D eigenvalue weighted by molar-refractivity contribution is -0.133. The third-order valence-corrected chi connectivity index (χ3v) is 4.23. The Bertz CT molecular complexity index is 420. The van der Waals surface area contributed by atoms with Crippen LogP contribution in [-0.4, -0.2) is 53.4 Å². The number of nitrogen functional groups attached to an aromatic ring is 1. The van der Waals surface area contributed by atoms with Crippen molar-refractivity contribution in [3.05, 3.63) is 11.1 Å². The monoisotopic (exact) mass is 268 g/mol. The molecule has 5 nitrogen and oxygen atoms in total. The zero-order valence-electron chi connectivity index (χ0n) is 10.9. The van der Waals surface area contributed by atoms with Crippen molar-refractivity contribution in [2.24, 2.45) is 0 Å². The molecule has 100 valence electrons. The minimum absolute atomic E-state index is 0.159. The van der Waals surface area contributed by atoms with Gasteiger partial charge in [-0.1, -0.05) is 6.92 Å². The molecule has 6 heteroatoms. The van der Waals surface area contributed by atoms with Crippen LogP contribution in [0.4, 0.5) is 5.13 Å². The molecule has 1 fully saturated rings. The fourth-order valence-corrected chi connectivity index (χ4v) is 2.85. The number of nitrogens with two attached hydrogens (primary N) is 1. The van der Waals surface area contributed by atoms with E-state index in [0.29, 0.717) is 17.6 Å². The van der Waals surface area contributed by atoms with Gasteiger partial charge in [-0.2, -0.15) is 0 Å². The van der Waals surface area contributed by atoms with E-state index in [1.807, 2.05) is 10.3 Å². The van der Waals surface area contributed by atoms with E-state index in [2.05, 4.69) is 23.9 Å². The van der Waals surface area contributed by atoms with Crippen molar-refractivity contribution in [3.8, 4) is 0 Å². The maximum atomic E-state index is 12.2. The molecule has 1 unspecified atom stereocenters. The minimum atomic E-state index is 0.159. The summed E-state index contributed by atoms with van der Waals surface area (Å²) in [6.07, 6.45) is 1.44. The molecule has 0 radical (unpaired) electrons. The molecule has 1 aliphatic rings. The molecule has 1 aromatic heterocycles. The second-order valence-electron chi connectivity index (χ2n) is 4.74. The minimum Gasteiger partial charge on any atom is -0.375 e. The van der Waals surface area contributed by atoms with Crippen molar-refractivity contribution < 1.29 is 4.79 Å². The first-order valence-corrected chi connectivity index (χ1v) is 7.16. The summed E-state index contributed by atoms with van der Waals surface area (Å²) in [4.78, 5) is 20.6. The largest absolute Gasteiger partial charge is 0.375 e. The smallest absolute Gasteiger partial charge is 0.228 e. The molecule has 0 saturated carbocycles. The summed E-state index contributed by atoms with van der Waals surface area (Å²) >= 11 is 1.39. The van der Waals surface area contributed by atoms with E-state index in [4.69, 9.17) is 5.73 Å². The van der Waals surface area contributed by atoms with Crippen LogP contribution in [0.25, 0.3) is 0 Å². The quantitative estimate of drug-likeness (QED) is 0.881. The summed E-state index contributed by atoms with van der Waals surface area (Å²) < 4.78 is 0. The molecule has 1 amide bonds. The number of carbonyl (C=O) groups excluding carboxylic acids is 1. The van der Waals surface area contributed by atoms with Crippen LogP contribution in [0.15, 0.2) is 5.38 Å². The van der Waals surface area contributed by atoms with Gasteiger partial charge in [-0.15, -0.1) is 11.3 Å². The summed E-state index contributed by atoms with van der Waals surface area (Å²) in [7, 11) is 2.12. The molecule has 0 aliphatic carbocycles. The molecule has 2 rings (SSSR count). The van der Waals surface area contributed by atoms with Crippen LogP contribution in [0.5, 0.6) is 0 Å². The highest BCUT2D eigenvalue weighted by molar-refractivity contribution is 7.13. The van der Waals surface area contributed by atoms with E-state index in [-0.39, 0.29) is 5.91 Å². The number of amides is 1. The molecule has 1 aliphatic heterocycles. The maximum absolute atomic E-state index is 12.2. The van der Waals surface area contributed by atoms with Gasteiger partial charge >= 0.3 is 0 Å². The Morgan fingerprint density at radius 3 is 3.00 bits per heavy atom. The first-order chi connectivity index (χ1) is 8.60. The van der Waals surface area contributed by atoms with Gasteiger partial charge in [0, 0.05) is 31.1 Å². The Kier molecular flexibility index (Phi) is 4.19. The molecule has 0 bridgehead atoms. The number of nitrogens with zero attached hydrogens (tertiary/aromatic N) is 3. The van der Waals surface area contributed by atoms with Crippen LogP contribution in [-0.2, 0) is 11.2 Å². The Balaban J connectivity index is 1.93. The van der Waals surface area contributed by atoms with Crippen LogP contribution in [0, 0.1) is 0 Å². The SMILES string of the molecule is CCC1CN(C(=O)Cc2csc(N)n2)CCN1C. The third kappa shape index (κ3) is 3.00. The lowest BCUT2D eigenvalue weighted by Crippen LogP contribution is -2.53. The second kappa shape index (κ2) is 5.67. The van der Waals surface area contributed by atoms with Crippen LogP contribution < -0.4 is 5.73 Å². The Morgan fingerprint density at radius 2 is 2.39 bits per heavy atom. The van der Waals surface area contributed by atoms with Crippen molar-refractivity contribution in [1.82, 2.24) is 14.8 Å². The van der Waals surface area contributed by atoms with Gasteiger partial charge in [0.25, 0.3) is 0 Å². The van der Waals surface area contributed by atoms with Gasteiger partial charge in [-0.3, -0.25) is 9.69 Å². The first kappa shape index (κ1) is 13.3. The predicted octanol–water partition coefficient (Wildman–Crippen LogP) is 0.820. The van der Waals surface area contributed by atoms with E-state index in [0.717, 1.165) is 31.7 Å². The predicted molar refractivity (Wildman–Crippen MR) is 73.5 cm³/mol. The van der Waals surface area contributed by atoms with E-state index >= 15 is 0 Å². The number of anilines is 1. The van der Waals surface area contributed by atoms with E-state index in [1.54, 1.807) is 0 Å². The van der Waals surface area contributed by atoms with Crippen LogP contribution in [0.2, 0.25) is 0 Å². The standard InChI is InChI=1S/C12H20N4OS/c1-3-10-7-16(5-4-15(10)2)11(17)6-9-8-18-12(13)14-9/h8,10H,3-7H2,1-2H3,(H2,13,14). The molecule has 2 N–H and O–H groups in total. The molecule has 0 spiro atoms. The third-order valence-electron chi connectivity index (χ3n) is 3.50. The number of hydrogen-bond acceptors (Lipinski definition) is 5. The Hall–Kier alpha value is -1.14. The summed E-state index contributed by atoms with van der Waals surface area (Å²) in [6.45, 7) is 4.75. The van der Waals surface area contributed by atoms with E-state index in [1.165, 1.54) is 11.3 Å². The topological polar surface area (TPSA) is 62.5 Å². The van der Waals surface area contributed by atoms with Gasteiger partial charge in [-0.25, -0.2) is 4.98 Å². The zero-order valence-corrected chi connectivity index (χ0v) is 11.7. The maximum Gasteiger partial charge on any atom is 0.228 e. The highest BCUT2D eigenvalue weighted by atomic mass is 32.1. The molecular weight excluding hydrogens is 248 g/mol. The second-order valence-corrected chi connectivity index (χ2v) is 5.63. The molecular formula is C12H20N4OS. The van der Waals surface area contributed by atoms with Crippen molar-refractivity contribution in [3.63, 3.8) is 0 Å². The lowest BCUT2D eigenvalue weighted by Gasteiger charge is -2.39. The fraction of sp³-hybridized carbons (Fsp3) is 0.667. The van der Waals surface area contributed by atoms with Crippen LogP contribution in [0.1, 0.15) is 19.0 Å². The molecule has 1 saturated heterocycles. The summed E-state index contributed by atoms with van der Waals surface area (Å²) in [6, 6.07) is 0.475. The molecule has 18 heavy (non-hydrogen) atoms. The molecule has 1 aromatic rings. The number of carbonyl (C=O) groups is 1. The van der Waals surface area contributed by atoms with Gasteiger partial charge in [0.15, 0.2) is 5.13 Å². The lowest BCUT2D eigenvalue weighted by atomic mass is 10.1. The van der Waals surface area contributed by atoms with Crippen molar-refractivity contribution in [2.45, 2.75) is 25.8 Å². The van der Waals surface area contributed by atoms with Crippen LogP contribution >= 0.6 is 11.3 Å². The summed E-state index contributed by atoms with van der Waals surface area (Å²) in [5, 5.41) is 2.39. The number of piperazine rings is 1. The first-order valence-electron chi connectivity index (χ1n) is 6.28. The van der Waals surface area contributed by atoms with Crippen molar-refractivity contribution in [2.75, 3.05) is 32.4 Å². The highest BCUT2D eigenvalue weighted by Crippen LogP contribution is 2.15. The zero-order chi connectivity index (χ0) is 13.1. The highest BCUT2D eigenvalue weighted by Gasteiger charge is 2.26. The van der Waals surface area contributed by atoms with E-state index in [9.17, 15) is 4.79 Å². The molecule has 1 atom stereocenters. The normalized spacial score (nSPS) is 21.2. The summed E-state index contributed by atoms with van der Waals surface area (Å²) in [5.41, 5.74) is 6.36. The van der Waals surface area contributed by atoms with Gasteiger partial charge in [0.05, 0.1) is 12.1 Å². The van der Waals surface area contributed by atoms with Crippen molar-refractivity contribution >= 4 is 22.4 Å². The van der Waals surface area contributed by atoms with Gasteiger partial charge in [-0.05, 0) is 13.5 Å². The van der Waals surface area contributed by atoms with E-state index < -0.39 is 0 Å².